The van der Waals surface area contributed by atoms with Gasteiger partial charge in [0.15, 0.2) is 0 Å². The van der Waals surface area contributed by atoms with Crippen molar-refractivity contribution in [1.29, 1.82) is 0 Å². The van der Waals surface area contributed by atoms with Crippen LogP contribution in [0, 0.1) is 11.3 Å². The number of carbonyl (C=O) groups excluding carboxylic acids is 1. The van der Waals surface area contributed by atoms with E-state index in [2.05, 4.69) is 37.9 Å². The maximum atomic E-state index is 12.3. The smallest absolute Gasteiger partial charge is 0.241 e. The Morgan fingerprint density at radius 3 is 2.56 bits per heavy atom. The number of amides is 1. The van der Waals surface area contributed by atoms with Crippen LogP contribution in [0.1, 0.15) is 47.0 Å². The first-order valence-corrected chi connectivity index (χ1v) is 6.53. The van der Waals surface area contributed by atoms with E-state index in [0.29, 0.717) is 17.2 Å². The van der Waals surface area contributed by atoms with Crippen molar-refractivity contribution in [3.8, 4) is 0 Å². The van der Waals surface area contributed by atoms with Crippen LogP contribution in [-0.2, 0) is 4.79 Å². The van der Waals surface area contributed by atoms with Crippen LogP contribution in [0.15, 0.2) is 0 Å². The molecule has 1 N–H and O–H groups in total. The Labute approximate surface area is 98.6 Å². The van der Waals surface area contributed by atoms with Crippen molar-refractivity contribution >= 4 is 5.91 Å². The Morgan fingerprint density at radius 1 is 1.50 bits per heavy atom. The van der Waals surface area contributed by atoms with Crippen LogP contribution in [0.5, 0.6) is 0 Å². The van der Waals surface area contributed by atoms with Crippen LogP contribution in [0.25, 0.3) is 0 Å². The summed E-state index contributed by atoms with van der Waals surface area (Å²) in [6, 6.07) is 0.0345. The average Bonchev–Trinajstić information content (AvgIpc) is 2.86. The molecule has 0 spiro atoms. The quantitative estimate of drug-likeness (QED) is 0.792. The molecule has 1 aliphatic carbocycles. The fraction of sp³-hybridized carbons (Fsp3) is 0.923. The van der Waals surface area contributed by atoms with E-state index in [9.17, 15) is 4.79 Å². The number of hydrogen-bond donors (Lipinski definition) is 1. The highest BCUT2D eigenvalue weighted by Gasteiger charge is 2.46. The first-order chi connectivity index (χ1) is 7.47. The predicted octanol–water partition coefficient (Wildman–Crippen LogP) is 1.98. The van der Waals surface area contributed by atoms with Gasteiger partial charge in [0, 0.05) is 6.54 Å². The Bertz CT molecular complexity index is 284. The lowest BCUT2D eigenvalue weighted by Gasteiger charge is -2.26. The molecular weight excluding hydrogens is 200 g/mol. The van der Waals surface area contributed by atoms with Crippen molar-refractivity contribution < 1.29 is 4.79 Å². The first kappa shape index (κ1) is 11.9. The zero-order valence-electron chi connectivity index (χ0n) is 10.9. The highest BCUT2D eigenvalue weighted by molar-refractivity contribution is 5.84. The molecule has 1 saturated heterocycles. The topological polar surface area (TPSA) is 32.3 Å². The van der Waals surface area contributed by atoms with Crippen molar-refractivity contribution in [3.63, 3.8) is 0 Å². The van der Waals surface area contributed by atoms with Gasteiger partial charge in [-0.3, -0.25) is 10.1 Å². The van der Waals surface area contributed by atoms with E-state index in [1.807, 2.05) is 0 Å². The molecule has 1 amide bonds. The fourth-order valence-electron chi connectivity index (χ4n) is 2.49. The van der Waals surface area contributed by atoms with Gasteiger partial charge < -0.3 is 4.90 Å². The van der Waals surface area contributed by atoms with Gasteiger partial charge in [-0.05, 0) is 30.6 Å². The molecule has 16 heavy (non-hydrogen) atoms. The molecule has 2 unspecified atom stereocenters. The van der Waals surface area contributed by atoms with Crippen LogP contribution in [-0.4, -0.2) is 29.6 Å². The maximum Gasteiger partial charge on any atom is 0.241 e. The van der Waals surface area contributed by atoms with Gasteiger partial charge in [0.25, 0.3) is 0 Å². The second-order valence-corrected chi connectivity index (χ2v) is 6.09. The number of nitrogens with one attached hydrogen (secondary N) is 1. The summed E-state index contributed by atoms with van der Waals surface area (Å²) in [7, 11) is 0. The molecule has 0 bridgehead atoms. The molecule has 2 aliphatic rings. The van der Waals surface area contributed by atoms with Gasteiger partial charge in [-0.25, -0.2) is 0 Å². The van der Waals surface area contributed by atoms with Crippen molar-refractivity contribution in [2.75, 3.05) is 6.54 Å². The molecule has 3 nitrogen and oxygen atoms in total. The van der Waals surface area contributed by atoms with Crippen LogP contribution in [0.3, 0.4) is 0 Å². The molecular formula is C13H24N2O. The second kappa shape index (κ2) is 4.02. The van der Waals surface area contributed by atoms with E-state index < -0.39 is 0 Å². The van der Waals surface area contributed by atoms with E-state index in [1.54, 1.807) is 0 Å². The summed E-state index contributed by atoms with van der Waals surface area (Å²) < 4.78 is 0. The molecule has 2 rings (SSSR count). The molecule has 1 aliphatic heterocycles. The number of nitrogens with zero attached hydrogens (tertiary/aromatic N) is 1. The molecule has 0 aromatic carbocycles. The zero-order chi connectivity index (χ0) is 11.9. The molecule has 1 heterocycles. The summed E-state index contributed by atoms with van der Waals surface area (Å²) in [6.45, 7) is 9.61. The summed E-state index contributed by atoms with van der Waals surface area (Å²) >= 11 is 0. The number of hydrogen-bond acceptors (Lipinski definition) is 2. The minimum Gasteiger partial charge on any atom is -0.325 e. The van der Waals surface area contributed by atoms with Crippen molar-refractivity contribution in [3.05, 3.63) is 0 Å². The van der Waals surface area contributed by atoms with Crippen molar-refractivity contribution in [1.82, 2.24) is 10.2 Å². The Hall–Kier alpha value is -0.570. The summed E-state index contributed by atoms with van der Waals surface area (Å²) in [6.07, 6.45) is 3.82. The fourth-order valence-corrected chi connectivity index (χ4v) is 2.49. The van der Waals surface area contributed by atoms with Gasteiger partial charge >= 0.3 is 0 Å². The molecule has 0 aromatic heterocycles. The Balaban J connectivity index is 2.06. The third-order valence-electron chi connectivity index (χ3n) is 4.01. The van der Waals surface area contributed by atoms with Gasteiger partial charge in [0.2, 0.25) is 5.91 Å². The van der Waals surface area contributed by atoms with E-state index in [-0.39, 0.29) is 12.2 Å². The largest absolute Gasteiger partial charge is 0.325 e. The third kappa shape index (κ3) is 2.10. The highest BCUT2D eigenvalue weighted by Crippen LogP contribution is 2.46. The number of rotatable bonds is 4. The maximum absolute atomic E-state index is 12.3. The number of carbonyl (C=O) groups is 1. The van der Waals surface area contributed by atoms with E-state index in [1.165, 1.54) is 12.8 Å². The SMILES string of the molecule is CCC1NC(C(C)C)C(=O)N1CC1(C)CC1. The summed E-state index contributed by atoms with van der Waals surface area (Å²) in [5.74, 6) is 0.702. The zero-order valence-corrected chi connectivity index (χ0v) is 10.9. The standard InChI is InChI=1S/C13H24N2O/c1-5-10-14-11(9(2)3)12(16)15(10)8-13(4)6-7-13/h9-11,14H,5-8H2,1-4H3. The molecule has 0 radical (unpaired) electrons. The Kier molecular flexibility index (Phi) is 2.99. The van der Waals surface area contributed by atoms with Crippen molar-refractivity contribution in [2.24, 2.45) is 11.3 Å². The molecule has 1 saturated carbocycles. The lowest BCUT2D eigenvalue weighted by Crippen LogP contribution is -2.40. The second-order valence-electron chi connectivity index (χ2n) is 6.09. The molecule has 92 valence electrons. The molecule has 2 fully saturated rings. The van der Waals surface area contributed by atoms with Gasteiger partial charge in [0.05, 0.1) is 12.2 Å². The van der Waals surface area contributed by atoms with E-state index in [0.717, 1.165) is 13.0 Å². The summed E-state index contributed by atoms with van der Waals surface area (Å²) in [5, 5.41) is 3.47. The van der Waals surface area contributed by atoms with Gasteiger partial charge in [-0.2, -0.15) is 0 Å². The first-order valence-electron chi connectivity index (χ1n) is 6.53. The summed E-state index contributed by atoms with van der Waals surface area (Å²) in [5.41, 5.74) is 0.413. The predicted molar refractivity (Wildman–Crippen MR) is 64.9 cm³/mol. The van der Waals surface area contributed by atoms with Gasteiger partial charge in [-0.15, -0.1) is 0 Å². The lowest BCUT2D eigenvalue weighted by atomic mass is 10.0. The van der Waals surface area contributed by atoms with Gasteiger partial charge in [0.1, 0.15) is 0 Å². The van der Waals surface area contributed by atoms with E-state index >= 15 is 0 Å². The van der Waals surface area contributed by atoms with Gasteiger partial charge in [-0.1, -0.05) is 27.7 Å². The van der Waals surface area contributed by atoms with Crippen LogP contribution in [0.4, 0.5) is 0 Å². The minimum atomic E-state index is 0.0345. The van der Waals surface area contributed by atoms with Crippen LogP contribution < -0.4 is 5.32 Å². The summed E-state index contributed by atoms with van der Waals surface area (Å²) in [4.78, 5) is 14.4. The van der Waals surface area contributed by atoms with Crippen LogP contribution >= 0.6 is 0 Å². The van der Waals surface area contributed by atoms with E-state index in [4.69, 9.17) is 0 Å². The third-order valence-corrected chi connectivity index (χ3v) is 4.01. The van der Waals surface area contributed by atoms with Crippen LogP contribution in [0.2, 0.25) is 0 Å². The molecule has 3 heteroatoms. The highest BCUT2D eigenvalue weighted by atomic mass is 16.2. The molecule has 2 atom stereocenters. The lowest BCUT2D eigenvalue weighted by molar-refractivity contribution is -0.131. The van der Waals surface area contributed by atoms with Crippen molar-refractivity contribution in [2.45, 2.75) is 59.2 Å². The average molecular weight is 224 g/mol. The molecule has 0 aromatic rings. The normalized spacial score (nSPS) is 32.6. The monoisotopic (exact) mass is 224 g/mol. The minimum absolute atomic E-state index is 0.0345. The Morgan fingerprint density at radius 2 is 2.12 bits per heavy atom.